The van der Waals surface area contributed by atoms with Crippen LogP contribution in [0.5, 0.6) is 0 Å². The van der Waals surface area contributed by atoms with Gasteiger partial charge in [-0.25, -0.2) is 4.98 Å². The van der Waals surface area contributed by atoms with Crippen molar-refractivity contribution in [2.45, 2.75) is 56.5 Å². The molecule has 176 valence electrons. The quantitative estimate of drug-likeness (QED) is 0.315. The molecule has 0 radical (unpaired) electrons. The van der Waals surface area contributed by atoms with Crippen LogP contribution >= 0.6 is 24.0 Å². The van der Waals surface area contributed by atoms with Gasteiger partial charge in [0.05, 0.1) is 12.1 Å². The van der Waals surface area contributed by atoms with Gasteiger partial charge in [-0.3, -0.25) is 10.1 Å². The SMILES string of the molecule is CCNC(=NCC1(c2cccc(C(F)(F)F)c2)CCC1)N1CCC(c2ncn[nH]2)CC1.I. The fourth-order valence-corrected chi connectivity index (χ4v) is 4.60. The second-order valence-corrected chi connectivity index (χ2v) is 8.51. The van der Waals surface area contributed by atoms with E-state index in [1.165, 1.54) is 12.1 Å². The Morgan fingerprint density at radius 1 is 1.28 bits per heavy atom. The highest BCUT2D eigenvalue weighted by atomic mass is 127. The number of likely N-dealkylation sites (tertiary alicyclic amines) is 1. The van der Waals surface area contributed by atoms with E-state index in [0.717, 1.165) is 75.2 Å². The Bertz CT molecular complexity index is 887. The van der Waals surface area contributed by atoms with E-state index in [1.54, 1.807) is 6.33 Å². The van der Waals surface area contributed by atoms with Crippen molar-refractivity contribution < 1.29 is 13.2 Å². The number of rotatable bonds is 5. The Kier molecular flexibility index (Phi) is 8.05. The third-order valence-electron chi connectivity index (χ3n) is 6.59. The first-order valence-electron chi connectivity index (χ1n) is 11.0. The number of hydrogen-bond acceptors (Lipinski definition) is 3. The number of nitrogens with zero attached hydrogens (tertiary/aromatic N) is 4. The summed E-state index contributed by atoms with van der Waals surface area (Å²) in [5, 5.41) is 10.3. The predicted molar refractivity (Wildman–Crippen MR) is 128 cm³/mol. The molecule has 0 unspecified atom stereocenters. The maximum Gasteiger partial charge on any atom is 0.416 e. The second kappa shape index (κ2) is 10.4. The Labute approximate surface area is 203 Å². The number of nitrogens with one attached hydrogen (secondary N) is 2. The van der Waals surface area contributed by atoms with Gasteiger partial charge in [0.25, 0.3) is 0 Å². The van der Waals surface area contributed by atoms with Gasteiger partial charge in [0.15, 0.2) is 5.96 Å². The molecular weight excluding hydrogens is 532 g/mol. The van der Waals surface area contributed by atoms with Crippen molar-refractivity contribution in [3.8, 4) is 0 Å². The van der Waals surface area contributed by atoms with Crippen LogP contribution < -0.4 is 5.32 Å². The first kappa shape index (κ1) is 24.8. The molecule has 1 saturated carbocycles. The monoisotopic (exact) mass is 562 g/mol. The summed E-state index contributed by atoms with van der Waals surface area (Å²) in [5.74, 6) is 2.14. The minimum Gasteiger partial charge on any atom is -0.357 e. The number of alkyl halides is 3. The van der Waals surface area contributed by atoms with E-state index in [0.29, 0.717) is 12.5 Å². The van der Waals surface area contributed by atoms with Crippen LogP contribution in [-0.4, -0.2) is 52.2 Å². The largest absolute Gasteiger partial charge is 0.416 e. The Hall–Kier alpha value is -1.85. The molecule has 2 heterocycles. The van der Waals surface area contributed by atoms with E-state index < -0.39 is 11.7 Å². The molecule has 1 aliphatic carbocycles. The van der Waals surface area contributed by atoms with Gasteiger partial charge in [0, 0.05) is 31.0 Å². The molecule has 2 N–H and O–H groups in total. The summed E-state index contributed by atoms with van der Waals surface area (Å²) in [7, 11) is 0. The summed E-state index contributed by atoms with van der Waals surface area (Å²) in [6.07, 6.45) is 1.88. The van der Waals surface area contributed by atoms with Crippen LogP contribution in [0.25, 0.3) is 0 Å². The van der Waals surface area contributed by atoms with Gasteiger partial charge >= 0.3 is 6.18 Å². The van der Waals surface area contributed by atoms with Crippen LogP contribution in [0.2, 0.25) is 0 Å². The predicted octanol–water partition coefficient (Wildman–Crippen LogP) is 4.71. The van der Waals surface area contributed by atoms with E-state index in [-0.39, 0.29) is 29.4 Å². The summed E-state index contributed by atoms with van der Waals surface area (Å²) >= 11 is 0. The van der Waals surface area contributed by atoms with Crippen molar-refractivity contribution >= 4 is 29.9 Å². The first-order valence-corrected chi connectivity index (χ1v) is 11.0. The maximum atomic E-state index is 13.2. The fourth-order valence-electron chi connectivity index (χ4n) is 4.60. The molecule has 10 heteroatoms. The van der Waals surface area contributed by atoms with E-state index in [2.05, 4.69) is 25.4 Å². The van der Waals surface area contributed by atoms with Crippen LogP contribution in [-0.2, 0) is 11.6 Å². The number of hydrogen-bond donors (Lipinski definition) is 2. The zero-order chi connectivity index (χ0) is 21.9. The molecular formula is C22H30F3IN6. The lowest BCUT2D eigenvalue weighted by Crippen LogP contribution is -2.46. The number of aromatic nitrogens is 3. The van der Waals surface area contributed by atoms with Gasteiger partial charge in [-0.05, 0) is 44.2 Å². The zero-order valence-corrected chi connectivity index (χ0v) is 20.5. The molecule has 4 rings (SSSR count). The van der Waals surface area contributed by atoms with Crippen LogP contribution in [0.1, 0.15) is 61.9 Å². The minimum atomic E-state index is -4.33. The van der Waals surface area contributed by atoms with Crippen LogP contribution in [0.3, 0.4) is 0 Å². The molecule has 2 aromatic rings. The number of H-pyrrole nitrogens is 1. The van der Waals surface area contributed by atoms with Crippen molar-refractivity contribution in [3.05, 3.63) is 47.5 Å². The second-order valence-electron chi connectivity index (χ2n) is 8.51. The Morgan fingerprint density at radius 3 is 2.59 bits per heavy atom. The molecule has 2 aliphatic rings. The molecule has 1 aromatic heterocycles. The standard InChI is InChI=1S/C22H29F3N6.HI/c1-2-26-20(31-11-7-16(8-12-31)19-28-15-29-30-19)27-14-21(9-4-10-21)17-5-3-6-18(13-17)22(23,24)25;/h3,5-6,13,15-16H,2,4,7-12,14H2,1H3,(H,26,27)(H,28,29,30);1H. The molecule has 0 bridgehead atoms. The Balaban J connectivity index is 0.00000289. The number of halogens is 4. The molecule has 6 nitrogen and oxygen atoms in total. The molecule has 1 saturated heterocycles. The van der Waals surface area contributed by atoms with E-state index in [4.69, 9.17) is 4.99 Å². The van der Waals surface area contributed by atoms with Gasteiger partial charge in [-0.2, -0.15) is 18.3 Å². The van der Waals surface area contributed by atoms with Gasteiger partial charge in [-0.1, -0.05) is 24.6 Å². The molecule has 0 spiro atoms. The van der Waals surface area contributed by atoms with Crippen LogP contribution in [0.15, 0.2) is 35.6 Å². The summed E-state index contributed by atoms with van der Waals surface area (Å²) < 4.78 is 39.6. The average molecular weight is 562 g/mol. The van der Waals surface area contributed by atoms with E-state index in [1.807, 2.05) is 13.0 Å². The van der Waals surface area contributed by atoms with Crippen molar-refractivity contribution in [1.82, 2.24) is 25.4 Å². The van der Waals surface area contributed by atoms with Gasteiger partial charge in [0.2, 0.25) is 0 Å². The van der Waals surface area contributed by atoms with Crippen molar-refractivity contribution in [2.24, 2.45) is 4.99 Å². The minimum absolute atomic E-state index is 0. The highest BCUT2D eigenvalue weighted by Crippen LogP contribution is 2.45. The molecule has 1 aliphatic heterocycles. The lowest BCUT2D eigenvalue weighted by atomic mass is 9.64. The molecule has 0 atom stereocenters. The topological polar surface area (TPSA) is 69.2 Å². The van der Waals surface area contributed by atoms with Gasteiger partial charge < -0.3 is 10.2 Å². The lowest BCUT2D eigenvalue weighted by molar-refractivity contribution is -0.137. The maximum absolute atomic E-state index is 13.2. The summed E-state index contributed by atoms with van der Waals surface area (Å²) in [6.45, 7) is 4.99. The molecule has 32 heavy (non-hydrogen) atoms. The average Bonchev–Trinajstić information content (AvgIpc) is 3.27. The van der Waals surface area contributed by atoms with E-state index in [9.17, 15) is 13.2 Å². The third-order valence-corrected chi connectivity index (χ3v) is 6.59. The number of guanidine groups is 1. The van der Waals surface area contributed by atoms with Crippen molar-refractivity contribution in [2.75, 3.05) is 26.2 Å². The number of benzene rings is 1. The Morgan fingerprint density at radius 2 is 2.03 bits per heavy atom. The lowest BCUT2D eigenvalue weighted by Gasteiger charge is -2.42. The highest BCUT2D eigenvalue weighted by molar-refractivity contribution is 14.0. The van der Waals surface area contributed by atoms with Crippen molar-refractivity contribution in [1.29, 1.82) is 0 Å². The number of aromatic amines is 1. The normalized spacial score (nSPS) is 19.2. The number of aliphatic imine (C=N–C) groups is 1. The first-order chi connectivity index (χ1) is 14.9. The van der Waals surface area contributed by atoms with Gasteiger partial charge in [-0.15, -0.1) is 24.0 Å². The molecule has 0 amide bonds. The fraction of sp³-hybridized carbons (Fsp3) is 0.591. The summed E-state index contributed by atoms with van der Waals surface area (Å²) in [4.78, 5) is 11.4. The smallest absolute Gasteiger partial charge is 0.357 e. The zero-order valence-electron chi connectivity index (χ0n) is 18.2. The summed E-state index contributed by atoms with van der Waals surface area (Å²) in [5.41, 5.74) is -0.140. The van der Waals surface area contributed by atoms with Crippen LogP contribution in [0.4, 0.5) is 13.2 Å². The molecule has 1 aromatic carbocycles. The van der Waals surface area contributed by atoms with Gasteiger partial charge in [0.1, 0.15) is 12.2 Å². The van der Waals surface area contributed by atoms with E-state index >= 15 is 0 Å². The highest BCUT2D eigenvalue weighted by Gasteiger charge is 2.40. The number of piperidine rings is 1. The summed E-state index contributed by atoms with van der Waals surface area (Å²) in [6, 6.07) is 5.79. The van der Waals surface area contributed by atoms with Crippen LogP contribution in [0, 0.1) is 0 Å². The van der Waals surface area contributed by atoms with Crippen molar-refractivity contribution in [3.63, 3.8) is 0 Å². The molecule has 2 fully saturated rings. The third kappa shape index (κ3) is 5.37.